The van der Waals surface area contributed by atoms with Crippen LogP contribution in [0.5, 0.6) is 5.75 Å². The fourth-order valence-electron chi connectivity index (χ4n) is 2.28. The van der Waals surface area contributed by atoms with Crippen molar-refractivity contribution in [3.05, 3.63) is 66.4 Å². The Hall–Kier alpha value is -3.15. The summed E-state index contributed by atoms with van der Waals surface area (Å²) >= 11 is 0. The van der Waals surface area contributed by atoms with Crippen LogP contribution in [0.15, 0.2) is 60.8 Å². The molecule has 0 bridgehead atoms. The molecule has 0 aliphatic rings. The fraction of sp³-hybridized carbons (Fsp3) is 0.211. The molecule has 0 aliphatic carbocycles. The Bertz CT molecular complexity index is 808. The monoisotopic (exact) mass is 335 g/mol. The van der Waals surface area contributed by atoms with Gasteiger partial charge in [-0.15, -0.1) is 5.10 Å². The van der Waals surface area contributed by atoms with E-state index in [1.165, 1.54) is 5.56 Å². The fourth-order valence-corrected chi connectivity index (χ4v) is 2.28. The van der Waals surface area contributed by atoms with E-state index in [0.717, 1.165) is 11.4 Å². The van der Waals surface area contributed by atoms with Crippen molar-refractivity contribution < 1.29 is 4.74 Å². The molecule has 3 rings (SSSR count). The molecular formula is C19H21N5O. The van der Waals surface area contributed by atoms with E-state index in [1.54, 1.807) is 6.20 Å². The lowest BCUT2D eigenvalue weighted by Crippen LogP contribution is -2.09. The first-order valence-electron chi connectivity index (χ1n) is 8.21. The van der Waals surface area contributed by atoms with Gasteiger partial charge in [-0.25, -0.2) is 0 Å². The molecule has 0 amide bonds. The van der Waals surface area contributed by atoms with Gasteiger partial charge >= 0.3 is 0 Å². The molecule has 1 heterocycles. The predicted octanol–water partition coefficient (Wildman–Crippen LogP) is 4.01. The van der Waals surface area contributed by atoms with Crippen molar-refractivity contribution in [3.63, 3.8) is 0 Å². The molecule has 2 aromatic carbocycles. The van der Waals surface area contributed by atoms with Crippen molar-refractivity contribution in [1.29, 1.82) is 0 Å². The lowest BCUT2D eigenvalue weighted by Gasteiger charge is -2.14. The molecule has 0 saturated carbocycles. The van der Waals surface area contributed by atoms with Gasteiger partial charge in [0.2, 0.25) is 5.95 Å². The number of hydrogen-bond acceptors (Lipinski definition) is 6. The highest BCUT2D eigenvalue weighted by molar-refractivity contribution is 5.62. The maximum absolute atomic E-state index is 5.80. The molecule has 0 atom stereocenters. The van der Waals surface area contributed by atoms with Gasteiger partial charge in [-0.1, -0.05) is 42.5 Å². The molecule has 6 nitrogen and oxygen atoms in total. The van der Waals surface area contributed by atoms with Crippen LogP contribution in [0.4, 0.5) is 17.5 Å². The van der Waals surface area contributed by atoms with Gasteiger partial charge < -0.3 is 15.4 Å². The summed E-state index contributed by atoms with van der Waals surface area (Å²) in [6.07, 6.45) is 1.69. The number of nitrogens with zero attached hydrogens (tertiary/aromatic N) is 3. The summed E-state index contributed by atoms with van der Waals surface area (Å²) in [5, 5.41) is 14.5. The van der Waals surface area contributed by atoms with Gasteiger partial charge in [0.15, 0.2) is 5.82 Å². The highest BCUT2D eigenvalue weighted by atomic mass is 16.5. The Morgan fingerprint density at radius 3 is 2.56 bits per heavy atom. The number of nitrogens with one attached hydrogen (secondary N) is 2. The zero-order valence-corrected chi connectivity index (χ0v) is 14.3. The summed E-state index contributed by atoms with van der Waals surface area (Å²) in [5.41, 5.74) is 1.98. The third-order valence-electron chi connectivity index (χ3n) is 3.37. The lowest BCUT2D eigenvalue weighted by molar-refractivity contribution is 0.244. The summed E-state index contributed by atoms with van der Waals surface area (Å²) < 4.78 is 5.80. The summed E-state index contributed by atoms with van der Waals surface area (Å²) in [4.78, 5) is 4.45. The third-order valence-corrected chi connectivity index (χ3v) is 3.37. The Balaban J connectivity index is 1.70. The number of para-hydroxylation sites is 2. The Labute approximate surface area is 147 Å². The van der Waals surface area contributed by atoms with Gasteiger partial charge in [-0.2, -0.15) is 10.1 Å². The van der Waals surface area contributed by atoms with E-state index in [1.807, 2.05) is 56.3 Å². The number of hydrogen-bond donors (Lipinski definition) is 2. The van der Waals surface area contributed by atoms with Crippen LogP contribution in [0.2, 0.25) is 0 Å². The number of rotatable bonds is 7. The lowest BCUT2D eigenvalue weighted by atomic mass is 10.2. The van der Waals surface area contributed by atoms with Crippen LogP contribution < -0.4 is 15.4 Å². The molecule has 0 fully saturated rings. The Kier molecular flexibility index (Phi) is 5.41. The Morgan fingerprint density at radius 2 is 1.76 bits per heavy atom. The molecule has 0 radical (unpaired) electrons. The van der Waals surface area contributed by atoms with E-state index in [0.29, 0.717) is 18.3 Å². The first-order chi connectivity index (χ1) is 12.2. The second-order valence-corrected chi connectivity index (χ2v) is 5.79. The molecule has 0 unspecified atom stereocenters. The smallest absolute Gasteiger partial charge is 0.249 e. The second kappa shape index (κ2) is 8.10. The van der Waals surface area contributed by atoms with Gasteiger partial charge in [0.25, 0.3) is 0 Å². The Morgan fingerprint density at radius 1 is 1.00 bits per heavy atom. The van der Waals surface area contributed by atoms with Crippen LogP contribution >= 0.6 is 0 Å². The van der Waals surface area contributed by atoms with E-state index in [-0.39, 0.29) is 6.10 Å². The topological polar surface area (TPSA) is 72.0 Å². The highest BCUT2D eigenvalue weighted by Crippen LogP contribution is 2.27. The van der Waals surface area contributed by atoms with Gasteiger partial charge in [-0.05, 0) is 31.5 Å². The first kappa shape index (κ1) is 16.7. The van der Waals surface area contributed by atoms with Crippen molar-refractivity contribution in [2.75, 3.05) is 10.6 Å². The zero-order valence-electron chi connectivity index (χ0n) is 14.3. The van der Waals surface area contributed by atoms with Crippen molar-refractivity contribution in [2.45, 2.75) is 26.5 Å². The summed E-state index contributed by atoms with van der Waals surface area (Å²) in [6.45, 7) is 4.65. The van der Waals surface area contributed by atoms with Crippen LogP contribution in [-0.2, 0) is 6.54 Å². The maximum atomic E-state index is 5.80. The largest absolute Gasteiger partial charge is 0.489 e. The summed E-state index contributed by atoms with van der Waals surface area (Å²) in [5.74, 6) is 1.82. The standard InChI is InChI=1S/C19H21N5O/c1-14(2)25-17-11-7-6-10-16(17)22-19-23-18(13-21-24-19)20-12-15-8-4-3-5-9-15/h3-11,13-14H,12H2,1-2H3,(H2,20,22,23,24). The van der Waals surface area contributed by atoms with Crippen molar-refractivity contribution >= 4 is 17.5 Å². The molecule has 6 heteroatoms. The first-order valence-corrected chi connectivity index (χ1v) is 8.21. The maximum Gasteiger partial charge on any atom is 0.249 e. The minimum Gasteiger partial charge on any atom is -0.489 e. The van der Waals surface area contributed by atoms with E-state index in [4.69, 9.17) is 4.74 Å². The zero-order chi connectivity index (χ0) is 17.5. The van der Waals surface area contributed by atoms with Gasteiger partial charge in [0.05, 0.1) is 18.0 Å². The van der Waals surface area contributed by atoms with Crippen LogP contribution in [0.1, 0.15) is 19.4 Å². The molecule has 128 valence electrons. The average Bonchev–Trinajstić information content (AvgIpc) is 2.62. The van der Waals surface area contributed by atoms with E-state index < -0.39 is 0 Å². The van der Waals surface area contributed by atoms with Gasteiger partial charge in [-0.3, -0.25) is 0 Å². The number of ether oxygens (including phenoxy) is 1. The second-order valence-electron chi connectivity index (χ2n) is 5.79. The van der Waals surface area contributed by atoms with E-state index >= 15 is 0 Å². The molecule has 25 heavy (non-hydrogen) atoms. The minimum absolute atomic E-state index is 0.0841. The van der Waals surface area contributed by atoms with Crippen molar-refractivity contribution in [1.82, 2.24) is 15.2 Å². The normalized spacial score (nSPS) is 10.5. The minimum atomic E-state index is 0.0841. The number of aromatic nitrogens is 3. The molecule has 3 aromatic rings. The van der Waals surface area contributed by atoms with E-state index in [2.05, 4.69) is 37.9 Å². The molecular weight excluding hydrogens is 314 g/mol. The van der Waals surface area contributed by atoms with Crippen LogP contribution in [0.25, 0.3) is 0 Å². The molecule has 0 spiro atoms. The van der Waals surface area contributed by atoms with Crippen LogP contribution in [-0.4, -0.2) is 21.3 Å². The van der Waals surface area contributed by atoms with E-state index in [9.17, 15) is 0 Å². The van der Waals surface area contributed by atoms with Crippen LogP contribution in [0.3, 0.4) is 0 Å². The predicted molar refractivity (Wildman–Crippen MR) is 99.1 cm³/mol. The third kappa shape index (κ3) is 4.91. The van der Waals surface area contributed by atoms with Crippen LogP contribution in [0, 0.1) is 0 Å². The summed E-state index contributed by atoms with van der Waals surface area (Å²) in [6, 6.07) is 17.8. The number of anilines is 3. The molecule has 1 aromatic heterocycles. The van der Waals surface area contributed by atoms with Gasteiger partial charge in [0.1, 0.15) is 5.75 Å². The highest BCUT2D eigenvalue weighted by Gasteiger charge is 2.07. The van der Waals surface area contributed by atoms with Gasteiger partial charge in [0, 0.05) is 6.54 Å². The SMILES string of the molecule is CC(C)Oc1ccccc1Nc1nncc(NCc2ccccc2)n1. The molecule has 2 N–H and O–H groups in total. The van der Waals surface area contributed by atoms with Crippen molar-refractivity contribution in [2.24, 2.45) is 0 Å². The summed E-state index contributed by atoms with van der Waals surface area (Å²) in [7, 11) is 0. The average molecular weight is 335 g/mol. The van der Waals surface area contributed by atoms with Crippen molar-refractivity contribution in [3.8, 4) is 5.75 Å². The quantitative estimate of drug-likeness (QED) is 0.679. The molecule has 0 aliphatic heterocycles. The number of benzene rings is 2. The molecule has 0 saturated heterocycles.